The molecule has 0 aromatic heterocycles. The summed E-state index contributed by atoms with van der Waals surface area (Å²) in [6.45, 7) is -2.00. The van der Waals surface area contributed by atoms with Crippen LogP contribution in [-0.4, -0.2) is 24.5 Å². The van der Waals surface area contributed by atoms with Gasteiger partial charge in [0.1, 0.15) is 12.4 Å². The van der Waals surface area contributed by atoms with Crippen molar-refractivity contribution in [2.75, 3.05) is 13.2 Å². The Morgan fingerprint density at radius 3 is 2.21 bits per heavy atom. The Kier molecular flexibility index (Phi) is 5.19. The molecule has 8 heteroatoms. The van der Waals surface area contributed by atoms with Crippen LogP contribution in [0, 0.1) is 17.5 Å². The minimum Gasteiger partial charge on any atom is -0.388 e. The van der Waals surface area contributed by atoms with Crippen LogP contribution in [-0.2, 0) is 4.74 Å². The smallest absolute Gasteiger partial charge is 0.388 e. The number of aliphatic hydroxyl groups is 1. The number of hydrogen-bond acceptors (Lipinski definition) is 2. The van der Waals surface area contributed by atoms with E-state index in [1.165, 1.54) is 0 Å². The lowest BCUT2D eigenvalue weighted by Crippen LogP contribution is -2.18. The second-order valence-electron chi connectivity index (χ2n) is 3.76. The van der Waals surface area contributed by atoms with Crippen LogP contribution in [0.3, 0.4) is 0 Å². The molecule has 0 saturated heterocycles. The van der Waals surface area contributed by atoms with E-state index in [9.17, 15) is 31.4 Å². The van der Waals surface area contributed by atoms with Crippen LogP contribution in [0.1, 0.15) is 18.1 Å². The second-order valence-corrected chi connectivity index (χ2v) is 3.76. The molecule has 0 amide bonds. The lowest BCUT2D eigenvalue weighted by atomic mass is 10.1. The molecule has 0 spiro atoms. The van der Waals surface area contributed by atoms with Crippen LogP contribution in [0.5, 0.6) is 0 Å². The Hall–Kier alpha value is -1.28. The van der Waals surface area contributed by atoms with Crippen molar-refractivity contribution in [1.29, 1.82) is 0 Å². The lowest BCUT2D eigenvalue weighted by molar-refractivity contribution is -0.175. The maximum atomic E-state index is 13.2. The Morgan fingerprint density at radius 2 is 1.63 bits per heavy atom. The van der Waals surface area contributed by atoms with Crippen LogP contribution in [0.2, 0.25) is 0 Å². The number of alkyl halides is 3. The summed E-state index contributed by atoms with van der Waals surface area (Å²) in [6.07, 6.45) is -6.46. The molecule has 1 rings (SSSR count). The maximum Gasteiger partial charge on any atom is 0.411 e. The Bertz CT molecular complexity index is 432. The van der Waals surface area contributed by atoms with Crippen molar-refractivity contribution in [2.24, 2.45) is 0 Å². The summed E-state index contributed by atoms with van der Waals surface area (Å²) in [4.78, 5) is 0. The molecule has 0 bridgehead atoms. The van der Waals surface area contributed by atoms with Crippen molar-refractivity contribution in [2.45, 2.75) is 18.7 Å². The average Bonchev–Trinajstić information content (AvgIpc) is 2.28. The molecular formula is C11H10F6O2. The predicted octanol–water partition coefficient (Wildman–Crippen LogP) is 3.11. The van der Waals surface area contributed by atoms with Gasteiger partial charge in [-0.05, 0) is 6.07 Å². The fraction of sp³-hybridized carbons (Fsp3) is 0.455. The number of aliphatic hydroxyl groups excluding tert-OH is 1. The largest absolute Gasteiger partial charge is 0.411 e. The van der Waals surface area contributed by atoms with E-state index in [-0.39, 0.29) is 12.5 Å². The molecule has 0 aliphatic heterocycles. The summed E-state index contributed by atoms with van der Waals surface area (Å²) in [5.41, 5.74) is -0.533. The normalized spacial score (nSPS) is 13.6. The molecule has 0 heterocycles. The summed E-state index contributed by atoms with van der Waals surface area (Å²) < 4.78 is 78.0. The van der Waals surface area contributed by atoms with Crippen molar-refractivity contribution in [3.8, 4) is 0 Å². The van der Waals surface area contributed by atoms with E-state index in [0.29, 0.717) is 6.07 Å². The molecule has 1 unspecified atom stereocenters. The van der Waals surface area contributed by atoms with E-state index in [1.54, 1.807) is 0 Å². The van der Waals surface area contributed by atoms with Crippen molar-refractivity contribution >= 4 is 0 Å². The summed E-state index contributed by atoms with van der Waals surface area (Å²) in [7, 11) is 0. The molecule has 1 atom stereocenters. The van der Waals surface area contributed by atoms with E-state index in [2.05, 4.69) is 4.74 Å². The first-order chi connectivity index (χ1) is 8.70. The predicted molar refractivity (Wildman–Crippen MR) is 52.8 cm³/mol. The zero-order valence-electron chi connectivity index (χ0n) is 9.48. The van der Waals surface area contributed by atoms with Crippen molar-refractivity contribution < 1.29 is 36.2 Å². The highest BCUT2D eigenvalue weighted by molar-refractivity contribution is 5.22. The fourth-order valence-electron chi connectivity index (χ4n) is 1.33. The van der Waals surface area contributed by atoms with Gasteiger partial charge in [0, 0.05) is 24.7 Å². The van der Waals surface area contributed by atoms with Gasteiger partial charge < -0.3 is 9.84 Å². The summed E-state index contributed by atoms with van der Waals surface area (Å²) in [5.74, 6) is -3.95. The van der Waals surface area contributed by atoms with Crippen LogP contribution in [0.25, 0.3) is 0 Å². The topological polar surface area (TPSA) is 29.5 Å². The molecule has 0 radical (unpaired) electrons. The van der Waals surface area contributed by atoms with Gasteiger partial charge in [-0.1, -0.05) is 0 Å². The number of hydrogen-bond donors (Lipinski definition) is 1. The standard InChI is InChI=1S/C11H10F6O2/c12-7-4-9(14)8(13)3-6(7)10(18)1-2-19-5-11(15,16)17/h3-4,10,18H,1-2,5H2. The highest BCUT2D eigenvalue weighted by atomic mass is 19.4. The Labute approximate surface area is 104 Å². The third-order valence-electron chi connectivity index (χ3n) is 2.20. The number of rotatable bonds is 5. The first kappa shape index (κ1) is 15.8. The quantitative estimate of drug-likeness (QED) is 0.512. The third kappa shape index (κ3) is 5.07. The summed E-state index contributed by atoms with van der Waals surface area (Å²) in [5, 5.41) is 9.46. The van der Waals surface area contributed by atoms with Gasteiger partial charge >= 0.3 is 6.18 Å². The van der Waals surface area contributed by atoms with Gasteiger partial charge in [0.15, 0.2) is 11.6 Å². The maximum absolute atomic E-state index is 13.2. The molecule has 0 aliphatic carbocycles. The molecule has 2 nitrogen and oxygen atoms in total. The highest BCUT2D eigenvalue weighted by Crippen LogP contribution is 2.23. The van der Waals surface area contributed by atoms with Gasteiger partial charge in [0.05, 0.1) is 6.10 Å². The number of ether oxygens (including phenoxy) is 1. The van der Waals surface area contributed by atoms with E-state index < -0.39 is 48.5 Å². The van der Waals surface area contributed by atoms with Gasteiger partial charge in [-0.2, -0.15) is 13.2 Å². The zero-order chi connectivity index (χ0) is 14.6. The molecule has 108 valence electrons. The van der Waals surface area contributed by atoms with Gasteiger partial charge in [-0.15, -0.1) is 0 Å². The zero-order valence-corrected chi connectivity index (χ0v) is 9.48. The van der Waals surface area contributed by atoms with Gasteiger partial charge in [0.2, 0.25) is 0 Å². The van der Waals surface area contributed by atoms with Crippen LogP contribution in [0.4, 0.5) is 26.3 Å². The average molecular weight is 288 g/mol. The molecule has 0 saturated carbocycles. The highest BCUT2D eigenvalue weighted by Gasteiger charge is 2.27. The number of benzene rings is 1. The molecular weight excluding hydrogens is 278 g/mol. The lowest BCUT2D eigenvalue weighted by Gasteiger charge is -2.13. The van der Waals surface area contributed by atoms with Gasteiger partial charge in [-0.25, -0.2) is 13.2 Å². The first-order valence-electron chi connectivity index (χ1n) is 5.17. The monoisotopic (exact) mass is 288 g/mol. The van der Waals surface area contributed by atoms with Crippen LogP contribution >= 0.6 is 0 Å². The minimum absolute atomic E-state index is 0.254. The summed E-state index contributed by atoms with van der Waals surface area (Å²) >= 11 is 0. The van der Waals surface area contributed by atoms with Crippen molar-refractivity contribution in [3.63, 3.8) is 0 Å². The van der Waals surface area contributed by atoms with E-state index in [1.807, 2.05) is 0 Å². The van der Waals surface area contributed by atoms with E-state index in [0.717, 1.165) is 0 Å². The molecule has 1 aromatic rings. The summed E-state index contributed by atoms with van der Waals surface area (Å²) in [6, 6.07) is 0.712. The first-order valence-corrected chi connectivity index (χ1v) is 5.17. The fourth-order valence-corrected chi connectivity index (χ4v) is 1.33. The van der Waals surface area contributed by atoms with Gasteiger partial charge in [0.25, 0.3) is 0 Å². The Morgan fingerprint density at radius 1 is 1.05 bits per heavy atom. The molecule has 19 heavy (non-hydrogen) atoms. The van der Waals surface area contributed by atoms with Crippen LogP contribution in [0.15, 0.2) is 12.1 Å². The second kappa shape index (κ2) is 6.25. The molecule has 0 fully saturated rings. The third-order valence-corrected chi connectivity index (χ3v) is 2.20. The van der Waals surface area contributed by atoms with E-state index in [4.69, 9.17) is 0 Å². The van der Waals surface area contributed by atoms with Crippen molar-refractivity contribution in [1.82, 2.24) is 0 Å². The van der Waals surface area contributed by atoms with Gasteiger partial charge in [-0.3, -0.25) is 0 Å². The molecule has 0 aliphatic rings. The minimum atomic E-state index is -4.50. The molecule has 1 aromatic carbocycles. The number of halogens is 6. The van der Waals surface area contributed by atoms with Crippen molar-refractivity contribution in [3.05, 3.63) is 35.1 Å². The van der Waals surface area contributed by atoms with E-state index >= 15 is 0 Å². The van der Waals surface area contributed by atoms with Crippen LogP contribution < -0.4 is 0 Å². The SMILES string of the molecule is OC(CCOCC(F)(F)F)c1cc(F)c(F)cc1F. The Balaban J connectivity index is 2.54. The molecule has 1 N–H and O–H groups in total.